The van der Waals surface area contributed by atoms with Gasteiger partial charge in [-0.05, 0) is 17.7 Å². The van der Waals surface area contributed by atoms with Crippen molar-refractivity contribution in [1.29, 1.82) is 5.41 Å². The summed E-state index contributed by atoms with van der Waals surface area (Å²) in [5, 5.41) is 7.33. The Hall–Kier alpha value is -2.51. The lowest BCUT2D eigenvalue weighted by atomic mass is 10.1. The van der Waals surface area contributed by atoms with Gasteiger partial charge in [0.15, 0.2) is 6.10 Å². The van der Waals surface area contributed by atoms with Crippen LogP contribution in [0.1, 0.15) is 22.8 Å². The highest BCUT2D eigenvalue weighted by Gasteiger charge is 2.30. The summed E-state index contributed by atoms with van der Waals surface area (Å²) in [4.78, 5) is 12.4. The highest BCUT2D eigenvalue weighted by Crippen LogP contribution is 2.26. The van der Waals surface area contributed by atoms with Crippen LogP contribution in [0.25, 0.3) is 0 Å². The fourth-order valence-electron chi connectivity index (χ4n) is 2.26. The van der Waals surface area contributed by atoms with Crippen molar-refractivity contribution < 1.29 is 18.3 Å². The van der Waals surface area contributed by atoms with E-state index in [2.05, 4.69) is 0 Å². The van der Waals surface area contributed by atoms with Crippen LogP contribution in [0, 0.1) is 17.0 Å². The number of amidine groups is 1. The summed E-state index contributed by atoms with van der Waals surface area (Å²) in [5.74, 6) is -2.67. The third-order valence-electron chi connectivity index (χ3n) is 3.55. The number of carbonyl (C=O) groups is 1. The van der Waals surface area contributed by atoms with Gasteiger partial charge in [0.2, 0.25) is 0 Å². The number of hydrogen-bond donors (Lipinski definition) is 2. The predicted molar refractivity (Wildman–Crippen MR) is 90.0 cm³/mol. The van der Waals surface area contributed by atoms with E-state index in [-0.39, 0.29) is 12.4 Å². The monoisotopic (exact) mass is 367 g/mol. The zero-order valence-corrected chi connectivity index (χ0v) is 14.1. The summed E-state index contributed by atoms with van der Waals surface area (Å²) in [6.07, 6.45) is -1.50. The van der Waals surface area contributed by atoms with Gasteiger partial charge in [-0.3, -0.25) is 10.2 Å². The van der Waals surface area contributed by atoms with Crippen molar-refractivity contribution in [2.45, 2.75) is 12.6 Å². The second kappa shape index (κ2) is 8.04. The topological polar surface area (TPSA) is 79.4 Å². The van der Waals surface area contributed by atoms with E-state index in [0.717, 1.165) is 16.6 Å². The van der Waals surface area contributed by atoms with Crippen LogP contribution in [0.5, 0.6) is 0 Å². The van der Waals surface area contributed by atoms with Gasteiger partial charge in [0, 0.05) is 24.4 Å². The first-order chi connectivity index (χ1) is 11.8. The molecular weight excluding hydrogens is 352 g/mol. The molecule has 0 aliphatic heterocycles. The minimum atomic E-state index is -1.50. The molecule has 2 rings (SSSR count). The third-order valence-corrected chi connectivity index (χ3v) is 3.83. The van der Waals surface area contributed by atoms with Crippen LogP contribution in [0.15, 0.2) is 42.5 Å². The van der Waals surface area contributed by atoms with E-state index in [0.29, 0.717) is 11.1 Å². The maximum atomic E-state index is 13.9. The Kier molecular flexibility index (Phi) is 6.06. The first-order valence-corrected chi connectivity index (χ1v) is 7.56. The molecule has 0 spiro atoms. The van der Waals surface area contributed by atoms with Crippen LogP contribution in [-0.4, -0.2) is 23.3 Å². The Morgan fingerprint density at radius 1 is 1.24 bits per heavy atom. The number of hydrogen-bond acceptors (Lipinski definition) is 3. The molecular formula is C17H16ClF2N3O2. The quantitative estimate of drug-likeness (QED) is 0.467. The van der Waals surface area contributed by atoms with E-state index in [9.17, 15) is 13.6 Å². The number of nitrogen functional groups attached to an aromatic ring is 1. The molecule has 2 aromatic rings. The first-order valence-electron chi connectivity index (χ1n) is 7.22. The number of methoxy groups -OCH3 is 1. The molecule has 0 fully saturated rings. The van der Waals surface area contributed by atoms with E-state index in [1.165, 1.54) is 13.2 Å². The minimum Gasteiger partial charge on any atom is -0.384 e. The average molecular weight is 368 g/mol. The van der Waals surface area contributed by atoms with Gasteiger partial charge in [0.25, 0.3) is 5.91 Å². The van der Waals surface area contributed by atoms with Crippen LogP contribution in [-0.2, 0) is 16.1 Å². The number of nitrogens with two attached hydrogens (primary N) is 1. The van der Waals surface area contributed by atoms with Gasteiger partial charge in [-0.15, -0.1) is 0 Å². The van der Waals surface area contributed by atoms with Gasteiger partial charge in [0.05, 0.1) is 12.1 Å². The SMILES string of the molecule is COC(C(=O)N(Cl)Cc1ccc(C(=N)N)cc1)c1c(F)cccc1F. The van der Waals surface area contributed by atoms with Crippen LogP contribution in [0.3, 0.4) is 0 Å². The number of halogens is 3. The fourth-order valence-corrected chi connectivity index (χ4v) is 2.49. The van der Waals surface area contributed by atoms with Crippen molar-refractivity contribution in [2.24, 2.45) is 5.73 Å². The molecule has 0 heterocycles. The van der Waals surface area contributed by atoms with Crippen LogP contribution >= 0.6 is 11.8 Å². The maximum absolute atomic E-state index is 13.9. The van der Waals surface area contributed by atoms with E-state index >= 15 is 0 Å². The zero-order valence-electron chi connectivity index (χ0n) is 13.3. The Morgan fingerprint density at radius 2 is 1.80 bits per heavy atom. The smallest absolute Gasteiger partial charge is 0.271 e. The van der Waals surface area contributed by atoms with E-state index in [1.807, 2.05) is 0 Å². The summed E-state index contributed by atoms with van der Waals surface area (Å²) in [6.45, 7) is -0.0193. The lowest BCUT2D eigenvalue weighted by molar-refractivity contribution is -0.138. The number of nitrogens with one attached hydrogen (secondary N) is 1. The number of amides is 1. The Morgan fingerprint density at radius 3 is 2.28 bits per heavy atom. The molecule has 0 saturated heterocycles. The van der Waals surface area contributed by atoms with Crippen molar-refractivity contribution in [3.8, 4) is 0 Å². The minimum absolute atomic E-state index is 0.0193. The molecule has 8 heteroatoms. The van der Waals surface area contributed by atoms with Gasteiger partial charge >= 0.3 is 0 Å². The fraction of sp³-hybridized carbons (Fsp3) is 0.176. The molecule has 0 aromatic heterocycles. The van der Waals surface area contributed by atoms with Crippen molar-refractivity contribution >= 4 is 23.5 Å². The summed E-state index contributed by atoms with van der Waals surface area (Å²) >= 11 is 5.99. The summed E-state index contributed by atoms with van der Waals surface area (Å²) in [6, 6.07) is 9.78. The van der Waals surface area contributed by atoms with E-state index < -0.39 is 29.2 Å². The molecule has 2 aromatic carbocycles. The maximum Gasteiger partial charge on any atom is 0.271 e. The highest BCUT2D eigenvalue weighted by molar-refractivity contribution is 6.21. The van der Waals surface area contributed by atoms with Crippen molar-refractivity contribution in [3.63, 3.8) is 0 Å². The summed E-state index contributed by atoms with van der Waals surface area (Å²) in [5.41, 5.74) is 6.05. The lowest BCUT2D eigenvalue weighted by Gasteiger charge is -2.21. The van der Waals surface area contributed by atoms with Crippen molar-refractivity contribution in [2.75, 3.05) is 7.11 Å². The number of nitrogens with zero attached hydrogens (tertiary/aromatic N) is 1. The van der Waals surface area contributed by atoms with Crippen molar-refractivity contribution in [3.05, 3.63) is 70.8 Å². The molecule has 5 nitrogen and oxygen atoms in total. The zero-order chi connectivity index (χ0) is 18.6. The van der Waals surface area contributed by atoms with Crippen LogP contribution in [0.2, 0.25) is 0 Å². The second-order valence-corrected chi connectivity index (χ2v) is 5.63. The second-order valence-electron chi connectivity index (χ2n) is 5.22. The molecule has 1 amide bonds. The standard InChI is InChI=1S/C17H16ClF2N3O2/c1-25-15(14-12(19)3-2-4-13(14)20)17(24)23(18)9-10-5-7-11(8-6-10)16(21)22/h2-8,15H,9H2,1H3,(H3,21,22). The van der Waals surface area contributed by atoms with Gasteiger partial charge in [-0.25, -0.2) is 13.2 Å². The van der Waals surface area contributed by atoms with Crippen LogP contribution < -0.4 is 5.73 Å². The molecule has 1 unspecified atom stereocenters. The number of ether oxygens (including phenoxy) is 1. The molecule has 0 radical (unpaired) electrons. The third kappa shape index (κ3) is 4.32. The van der Waals surface area contributed by atoms with Gasteiger partial charge in [-0.2, -0.15) is 0 Å². The number of benzene rings is 2. The number of carbonyl (C=O) groups excluding carboxylic acids is 1. The largest absolute Gasteiger partial charge is 0.384 e. The van der Waals surface area contributed by atoms with Crippen molar-refractivity contribution in [1.82, 2.24) is 4.42 Å². The Labute approximate surface area is 148 Å². The molecule has 0 aliphatic carbocycles. The number of rotatable bonds is 6. The van der Waals surface area contributed by atoms with Gasteiger partial charge < -0.3 is 10.5 Å². The van der Waals surface area contributed by atoms with Gasteiger partial charge in [-0.1, -0.05) is 30.3 Å². The predicted octanol–water partition coefficient (Wildman–Crippen LogP) is 3.12. The summed E-state index contributed by atoms with van der Waals surface area (Å²) < 4.78 is 33.5. The normalized spacial score (nSPS) is 11.8. The Bertz CT molecular complexity index is 764. The molecule has 0 saturated carbocycles. The van der Waals surface area contributed by atoms with Gasteiger partial charge in [0.1, 0.15) is 17.5 Å². The molecule has 0 aliphatic rings. The van der Waals surface area contributed by atoms with E-state index in [1.54, 1.807) is 24.3 Å². The molecule has 1 atom stereocenters. The molecule has 3 N–H and O–H groups in total. The average Bonchev–Trinajstić information content (AvgIpc) is 2.58. The highest BCUT2D eigenvalue weighted by atomic mass is 35.5. The molecule has 25 heavy (non-hydrogen) atoms. The lowest BCUT2D eigenvalue weighted by Crippen LogP contribution is -2.29. The van der Waals surface area contributed by atoms with E-state index in [4.69, 9.17) is 27.7 Å². The molecule has 0 bridgehead atoms. The molecule has 132 valence electrons. The Balaban J connectivity index is 2.18. The van der Waals surface area contributed by atoms with Crippen LogP contribution in [0.4, 0.5) is 8.78 Å². The summed E-state index contributed by atoms with van der Waals surface area (Å²) in [7, 11) is 1.17. The first kappa shape index (κ1) is 18.8.